The molecule has 0 spiro atoms. The number of carboxylic acid groups (broad SMARTS) is 1. The zero-order valence-electron chi connectivity index (χ0n) is 10.4. The molecule has 0 aliphatic heterocycles. The number of carbonyl (C=O) groups is 1. The van der Waals surface area contributed by atoms with E-state index in [1.54, 1.807) is 31.2 Å². The van der Waals surface area contributed by atoms with Crippen LogP contribution < -0.4 is 0 Å². The van der Waals surface area contributed by atoms with Crippen molar-refractivity contribution in [2.24, 2.45) is 0 Å². The molecule has 2 aromatic rings. The number of benzene rings is 1. The number of hydrogen-bond acceptors (Lipinski definition) is 3. The molecule has 0 aliphatic rings. The Morgan fingerprint density at radius 3 is 2.74 bits per heavy atom. The minimum absolute atomic E-state index is 0.0332. The second kappa shape index (κ2) is 5.56. The summed E-state index contributed by atoms with van der Waals surface area (Å²) >= 11 is 0. The summed E-state index contributed by atoms with van der Waals surface area (Å²) in [5, 5.41) is 9.27. The molecular weight excluding hydrogens is 247 g/mol. The van der Waals surface area contributed by atoms with Crippen molar-refractivity contribution in [3.05, 3.63) is 59.4 Å². The second-order valence-corrected chi connectivity index (χ2v) is 4.24. The van der Waals surface area contributed by atoms with E-state index < -0.39 is 17.7 Å². The van der Waals surface area contributed by atoms with Gasteiger partial charge in [0, 0.05) is 11.9 Å². The number of carboxylic acids is 1. The second-order valence-electron chi connectivity index (χ2n) is 4.24. The number of aliphatic carboxylic acids is 1. The fraction of sp³-hybridized carbons (Fsp3) is 0.214. The Balaban J connectivity index is 2.32. The Morgan fingerprint density at radius 2 is 2.11 bits per heavy atom. The van der Waals surface area contributed by atoms with Crippen molar-refractivity contribution in [3.8, 4) is 0 Å². The van der Waals surface area contributed by atoms with E-state index in [0.717, 1.165) is 0 Å². The predicted octanol–water partition coefficient (Wildman–Crippen LogP) is 2.34. The molecule has 1 unspecified atom stereocenters. The van der Waals surface area contributed by atoms with Crippen LogP contribution in [0.1, 0.15) is 23.0 Å². The molecule has 4 nitrogen and oxygen atoms in total. The summed E-state index contributed by atoms with van der Waals surface area (Å²) in [7, 11) is 0. The molecular formula is C14H13FN2O2. The van der Waals surface area contributed by atoms with Gasteiger partial charge in [0.05, 0.1) is 0 Å². The first kappa shape index (κ1) is 13.1. The zero-order valence-corrected chi connectivity index (χ0v) is 10.4. The quantitative estimate of drug-likeness (QED) is 0.916. The predicted molar refractivity (Wildman–Crippen MR) is 67.2 cm³/mol. The Morgan fingerprint density at radius 1 is 1.37 bits per heavy atom. The highest BCUT2D eigenvalue weighted by atomic mass is 19.1. The van der Waals surface area contributed by atoms with Gasteiger partial charge in [-0.3, -0.25) is 4.79 Å². The molecule has 0 saturated carbocycles. The Bertz CT molecular complexity index is 602. The van der Waals surface area contributed by atoms with Crippen molar-refractivity contribution in [1.82, 2.24) is 9.97 Å². The van der Waals surface area contributed by atoms with E-state index in [4.69, 9.17) is 0 Å². The molecule has 1 heterocycles. The van der Waals surface area contributed by atoms with Crippen LogP contribution in [0.5, 0.6) is 0 Å². The lowest BCUT2D eigenvalue weighted by molar-refractivity contribution is -0.139. The molecule has 0 radical (unpaired) electrons. The van der Waals surface area contributed by atoms with Crippen LogP contribution >= 0.6 is 0 Å². The van der Waals surface area contributed by atoms with E-state index in [-0.39, 0.29) is 12.2 Å². The third-order valence-corrected chi connectivity index (χ3v) is 2.81. The lowest BCUT2D eigenvalue weighted by Gasteiger charge is -2.12. The third-order valence-electron chi connectivity index (χ3n) is 2.81. The van der Waals surface area contributed by atoms with Gasteiger partial charge in [-0.15, -0.1) is 0 Å². The normalized spacial score (nSPS) is 12.1. The van der Waals surface area contributed by atoms with Crippen LogP contribution in [0.2, 0.25) is 0 Å². The van der Waals surface area contributed by atoms with Crippen LogP contribution in [-0.4, -0.2) is 21.0 Å². The van der Waals surface area contributed by atoms with Gasteiger partial charge in [0.1, 0.15) is 17.6 Å². The number of hydrogen-bond donors (Lipinski definition) is 1. The SMILES string of the molecule is Cc1ccnc(C(Cc2ccccc2F)C(=O)O)n1. The van der Waals surface area contributed by atoms with Gasteiger partial charge in [-0.1, -0.05) is 18.2 Å². The lowest BCUT2D eigenvalue weighted by Crippen LogP contribution is -2.18. The maximum Gasteiger partial charge on any atom is 0.314 e. The number of aromatic nitrogens is 2. The largest absolute Gasteiger partial charge is 0.481 e. The molecule has 5 heteroatoms. The number of halogens is 1. The van der Waals surface area contributed by atoms with E-state index in [1.165, 1.54) is 12.3 Å². The van der Waals surface area contributed by atoms with E-state index >= 15 is 0 Å². The summed E-state index contributed by atoms with van der Waals surface area (Å²) < 4.78 is 13.6. The van der Waals surface area contributed by atoms with Crippen LogP contribution in [0.15, 0.2) is 36.5 Å². The first-order valence-corrected chi connectivity index (χ1v) is 5.83. The van der Waals surface area contributed by atoms with Gasteiger partial charge >= 0.3 is 5.97 Å². The molecule has 0 fully saturated rings. The minimum Gasteiger partial charge on any atom is -0.481 e. The van der Waals surface area contributed by atoms with E-state index in [0.29, 0.717) is 11.3 Å². The highest BCUT2D eigenvalue weighted by Gasteiger charge is 2.24. The average molecular weight is 260 g/mol. The smallest absolute Gasteiger partial charge is 0.314 e. The monoisotopic (exact) mass is 260 g/mol. The van der Waals surface area contributed by atoms with Crippen LogP contribution in [0.4, 0.5) is 4.39 Å². The van der Waals surface area contributed by atoms with Gasteiger partial charge in [0.15, 0.2) is 0 Å². The summed E-state index contributed by atoms with van der Waals surface area (Å²) in [6.07, 6.45) is 1.54. The van der Waals surface area contributed by atoms with Crippen LogP contribution in [0, 0.1) is 12.7 Å². The molecule has 0 aliphatic carbocycles. The van der Waals surface area contributed by atoms with Gasteiger partial charge < -0.3 is 5.11 Å². The van der Waals surface area contributed by atoms with E-state index in [1.807, 2.05) is 0 Å². The van der Waals surface area contributed by atoms with Gasteiger partial charge in [-0.25, -0.2) is 14.4 Å². The van der Waals surface area contributed by atoms with Crippen LogP contribution in [0.3, 0.4) is 0 Å². The first-order chi connectivity index (χ1) is 9.08. The molecule has 1 N–H and O–H groups in total. The molecule has 2 rings (SSSR count). The minimum atomic E-state index is -1.06. The number of aryl methyl sites for hydroxylation is 1. The third kappa shape index (κ3) is 3.13. The molecule has 0 amide bonds. The molecule has 1 aromatic carbocycles. The van der Waals surface area contributed by atoms with Gasteiger partial charge in [-0.2, -0.15) is 0 Å². The fourth-order valence-corrected chi connectivity index (χ4v) is 1.81. The Kier molecular flexibility index (Phi) is 3.85. The van der Waals surface area contributed by atoms with Gasteiger partial charge in [0.2, 0.25) is 0 Å². The first-order valence-electron chi connectivity index (χ1n) is 5.83. The molecule has 98 valence electrons. The van der Waals surface area contributed by atoms with Crippen molar-refractivity contribution in [3.63, 3.8) is 0 Å². The standard InChI is InChI=1S/C14H13FN2O2/c1-9-6-7-16-13(17-9)11(14(18)19)8-10-4-2-3-5-12(10)15/h2-7,11H,8H2,1H3,(H,18,19). The molecule has 0 bridgehead atoms. The molecule has 1 atom stereocenters. The van der Waals surface area contributed by atoms with Gasteiger partial charge in [-0.05, 0) is 31.0 Å². The number of rotatable bonds is 4. The summed E-state index contributed by atoms with van der Waals surface area (Å²) in [5.41, 5.74) is 1.03. The Labute approximate surface area is 110 Å². The highest BCUT2D eigenvalue weighted by Crippen LogP contribution is 2.20. The summed E-state index contributed by atoms with van der Waals surface area (Å²) in [6.45, 7) is 1.76. The maximum atomic E-state index is 13.6. The van der Waals surface area contributed by atoms with Crippen LogP contribution in [-0.2, 0) is 11.2 Å². The van der Waals surface area contributed by atoms with Gasteiger partial charge in [0.25, 0.3) is 0 Å². The Hall–Kier alpha value is -2.30. The van der Waals surface area contributed by atoms with E-state index in [2.05, 4.69) is 9.97 Å². The van der Waals surface area contributed by atoms with Crippen LogP contribution in [0.25, 0.3) is 0 Å². The topological polar surface area (TPSA) is 63.1 Å². The van der Waals surface area contributed by atoms with E-state index in [9.17, 15) is 14.3 Å². The molecule has 1 aromatic heterocycles. The number of nitrogens with zero attached hydrogens (tertiary/aromatic N) is 2. The lowest BCUT2D eigenvalue weighted by atomic mass is 9.98. The van der Waals surface area contributed by atoms with Crippen molar-refractivity contribution in [1.29, 1.82) is 0 Å². The fourth-order valence-electron chi connectivity index (χ4n) is 1.81. The summed E-state index contributed by atoms with van der Waals surface area (Å²) in [5.74, 6) is -2.22. The van der Waals surface area contributed by atoms with Crippen molar-refractivity contribution in [2.45, 2.75) is 19.3 Å². The summed E-state index contributed by atoms with van der Waals surface area (Å²) in [4.78, 5) is 19.4. The highest BCUT2D eigenvalue weighted by molar-refractivity contribution is 5.75. The average Bonchev–Trinajstić information content (AvgIpc) is 2.37. The zero-order chi connectivity index (χ0) is 13.8. The molecule has 19 heavy (non-hydrogen) atoms. The van der Waals surface area contributed by atoms with Crippen molar-refractivity contribution < 1.29 is 14.3 Å². The van der Waals surface area contributed by atoms with Crippen molar-refractivity contribution >= 4 is 5.97 Å². The van der Waals surface area contributed by atoms with Crippen molar-refractivity contribution in [2.75, 3.05) is 0 Å². The molecule has 0 saturated heterocycles. The maximum absolute atomic E-state index is 13.6. The summed E-state index contributed by atoms with van der Waals surface area (Å²) in [6, 6.07) is 7.81.